The number of rotatable bonds is 6. The third-order valence-corrected chi connectivity index (χ3v) is 5.63. The third kappa shape index (κ3) is 4.78. The van der Waals surface area contributed by atoms with Gasteiger partial charge >= 0.3 is 0 Å². The molecular formula is C17H27NOS. The predicted molar refractivity (Wildman–Crippen MR) is 87.7 cm³/mol. The number of hydrogen-bond acceptors (Lipinski definition) is 3. The van der Waals surface area contributed by atoms with Gasteiger partial charge in [-0.25, -0.2) is 0 Å². The first-order valence-electron chi connectivity index (χ1n) is 7.97. The molecule has 2 rings (SSSR count). The molecule has 0 aromatic rings. The molecule has 1 unspecified atom stereocenters. The third-order valence-electron chi connectivity index (χ3n) is 4.30. The smallest absolute Gasteiger partial charge is 0.163 e. The standard InChI is InChI=1S/C17H27NOS/c1-13-6-7-16(20-12-14-4-2-3-5-14)11-15(10-13)17(19)8-9-18/h10-11,13-14H,2-9,12,18H2,1H3. The largest absolute Gasteiger partial charge is 0.330 e. The summed E-state index contributed by atoms with van der Waals surface area (Å²) in [4.78, 5) is 13.5. The van der Waals surface area contributed by atoms with E-state index < -0.39 is 0 Å². The fourth-order valence-electron chi connectivity index (χ4n) is 3.02. The van der Waals surface area contributed by atoms with Crippen LogP contribution in [0.25, 0.3) is 0 Å². The molecule has 1 fully saturated rings. The van der Waals surface area contributed by atoms with E-state index in [1.54, 1.807) is 0 Å². The van der Waals surface area contributed by atoms with E-state index in [9.17, 15) is 4.79 Å². The monoisotopic (exact) mass is 293 g/mol. The van der Waals surface area contributed by atoms with Crippen molar-refractivity contribution in [1.82, 2.24) is 0 Å². The number of allylic oxidation sites excluding steroid dienone is 4. The van der Waals surface area contributed by atoms with E-state index in [2.05, 4.69) is 19.1 Å². The Morgan fingerprint density at radius 1 is 1.35 bits per heavy atom. The lowest BCUT2D eigenvalue weighted by molar-refractivity contribution is -0.115. The second-order valence-electron chi connectivity index (χ2n) is 6.17. The minimum Gasteiger partial charge on any atom is -0.330 e. The average Bonchev–Trinajstić information content (AvgIpc) is 2.87. The maximum Gasteiger partial charge on any atom is 0.163 e. The zero-order chi connectivity index (χ0) is 14.4. The predicted octanol–water partition coefficient (Wildman–Crippen LogP) is 4.07. The quantitative estimate of drug-likeness (QED) is 0.803. The Morgan fingerprint density at radius 3 is 2.80 bits per heavy atom. The topological polar surface area (TPSA) is 43.1 Å². The minimum absolute atomic E-state index is 0.209. The van der Waals surface area contributed by atoms with Gasteiger partial charge < -0.3 is 5.73 Å². The van der Waals surface area contributed by atoms with Crippen molar-refractivity contribution < 1.29 is 4.79 Å². The Balaban J connectivity index is 1.96. The van der Waals surface area contributed by atoms with Crippen LogP contribution in [0.5, 0.6) is 0 Å². The van der Waals surface area contributed by atoms with Gasteiger partial charge in [0.15, 0.2) is 5.78 Å². The van der Waals surface area contributed by atoms with Crippen LogP contribution in [0.4, 0.5) is 0 Å². The van der Waals surface area contributed by atoms with Crippen molar-refractivity contribution in [3.05, 3.63) is 22.6 Å². The number of thioether (sulfide) groups is 1. The molecule has 2 N–H and O–H groups in total. The van der Waals surface area contributed by atoms with Crippen LogP contribution in [0.15, 0.2) is 22.6 Å². The van der Waals surface area contributed by atoms with Crippen LogP contribution < -0.4 is 5.73 Å². The molecule has 0 spiro atoms. The Bertz CT molecular complexity index is 394. The van der Waals surface area contributed by atoms with Gasteiger partial charge in [-0.05, 0) is 55.0 Å². The summed E-state index contributed by atoms with van der Waals surface area (Å²) in [6, 6.07) is 0. The molecule has 2 aliphatic rings. The molecule has 0 saturated heterocycles. The van der Waals surface area contributed by atoms with E-state index in [-0.39, 0.29) is 5.78 Å². The van der Waals surface area contributed by atoms with Crippen molar-refractivity contribution in [2.45, 2.75) is 51.9 Å². The van der Waals surface area contributed by atoms with Gasteiger partial charge in [-0.2, -0.15) is 0 Å². The molecule has 20 heavy (non-hydrogen) atoms. The van der Waals surface area contributed by atoms with Gasteiger partial charge in [0, 0.05) is 17.7 Å². The molecule has 0 aliphatic heterocycles. The molecule has 112 valence electrons. The van der Waals surface area contributed by atoms with Crippen molar-refractivity contribution in [1.29, 1.82) is 0 Å². The van der Waals surface area contributed by atoms with E-state index in [1.165, 1.54) is 36.3 Å². The summed E-state index contributed by atoms with van der Waals surface area (Å²) in [7, 11) is 0. The van der Waals surface area contributed by atoms with Crippen LogP contribution in [-0.4, -0.2) is 18.1 Å². The lowest BCUT2D eigenvalue weighted by atomic mass is 10.0. The fraction of sp³-hybridized carbons (Fsp3) is 0.706. The van der Waals surface area contributed by atoms with Crippen LogP contribution in [0.2, 0.25) is 0 Å². The molecule has 0 heterocycles. The number of hydrogen-bond donors (Lipinski definition) is 1. The van der Waals surface area contributed by atoms with E-state index in [4.69, 9.17) is 5.73 Å². The van der Waals surface area contributed by atoms with Gasteiger partial charge in [0.05, 0.1) is 0 Å². The summed E-state index contributed by atoms with van der Waals surface area (Å²) >= 11 is 1.99. The molecule has 0 radical (unpaired) electrons. The maximum absolute atomic E-state index is 12.1. The number of Topliss-reactive ketones (excluding diaryl/α,β-unsaturated/α-hetero) is 1. The molecule has 0 aromatic heterocycles. The van der Waals surface area contributed by atoms with Gasteiger partial charge in [-0.3, -0.25) is 4.79 Å². The number of carbonyl (C=O) groups is 1. The molecule has 0 aromatic carbocycles. The molecule has 1 atom stereocenters. The Labute approximate surface area is 127 Å². The highest BCUT2D eigenvalue weighted by Gasteiger charge is 2.18. The number of ketones is 1. The summed E-state index contributed by atoms with van der Waals surface area (Å²) in [6.45, 7) is 2.65. The SMILES string of the molecule is CC1C=C(C(=O)CCN)C=C(SCC2CCCC2)CC1. The van der Waals surface area contributed by atoms with Crippen LogP contribution in [-0.2, 0) is 4.79 Å². The number of carbonyl (C=O) groups excluding carboxylic acids is 1. The zero-order valence-corrected chi connectivity index (χ0v) is 13.4. The Hall–Kier alpha value is -0.540. The van der Waals surface area contributed by atoms with Crippen LogP contribution in [0, 0.1) is 11.8 Å². The Kier molecular flexibility index (Phi) is 6.37. The molecule has 0 bridgehead atoms. The second-order valence-corrected chi connectivity index (χ2v) is 7.32. The van der Waals surface area contributed by atoms with E-state index in [0.29, 0.717) is 18.9 Å². The number of nitrogens with two attached hydrogens (primary N) is 1. The van der Waals surface area contributed by atoms with Crippen molar-refractivity contribution in [2.75, 3.05) is 12.3 Å². The summed E-state index contributed by atoms with van der Waals surface area (Å²) in [5, 5.41) is 0. The van der Waals surface area contributed by atoms with Gasteiger partial charge in [-0.1, -0.05) is 25.8 Å². The van der Waals surface area contributed by atoms with E-state index in [0.717, 1.165) is 24.3 Å². The minimum atomic E-state index is 0.209. The van der Waals surface area contributed by atoms with Crippen LogP contribution in [0.3, 0.4) is 0 Å². The summed E-state index contributed by atoms with van der Waals surface area (Å²) in [5.41, 5.74) is 6.41. The van der Waals surface area contributed by atoms with E-state index in [1.807, 2.05) is 11.8 Å². The highest BCUT2D eigenvalue weighted by molar-refractivity contribution is 8.03. The highest BCUT2D eigenvalue weighted by atomic mass is 32.2. The molecule has 0 amide bonds. The molecule has 2 aliphatic carbocycles. The molecular weight excluding hydrogens is 266 g/mol. The molecule has 2 nitrogen and oxygen atoms in total. The van der Waals surface area contributed by atoms with Crippen molar-refractivity contribution in [3.8, 4) is 0 Å². The molecule has 1 saturated carbocycles. The van der Waals surface area contributed by atoms with Gasteiger partial charge in [0.2, 0.25) is 0 Å². The van der Waals surface area contributed by atoms with E-state index >= 15 is 0 Å². The lowest BCUT2D eigenvalue weighted by Crippen LogP contribution is -2.09. The second kappa shape index (κ2) is 8.04. The zero-order valence-electron chi connectivity index (χ0n) is 12.6. The lowest BCUT2D eigenvalue weighted by Gasteiger charge is -2.11. The van der Waals surface area contributed by atoms with Gasteiger partial charge in [0.1, 0.15) is 0 Å². The van der Waals surface area contributed by atoms with Gasteiger partial charge in [-0.15, -0.1) is 11.8 Å². The first-order valence-corrected chi connectivity index (χ1v) is 8.96. The van der Waals surface area contributed by atoms with Crippen molar-refractivity contribution >= 4 is 17.5 Å². The normalized spacial score (nSPS) is 24.2. The fourth-order valence-corrected chi connectivity index (χ4v) is 4.27. The highest BCUT2D eigenvalue weighted by Crippen LogP contribution is 2.34. The van der Waals surface area contributed by atoms with Crippen molar-refractivity contribution in [2.24, 2.45) is 17.6 Å². The summed E-state index contributed by atoms with van der Waals surface area (Å²) in [6.07, 6.45) is 12.6. The van der Waals surface area contributed by atoms with Crippen LogP contribution >= 0.6 is 11.8 Å². The Morgan fingerprint density at radius 2 is 2.10 bits per heavy atom. The molecule has 3 heteroatoms. The van der Waals surface area contributed by atoms with Gasteiger partial charge in [0.25, 0.3) is 0 Å². The van der Waals surface area contributed by atoms with Crippen molar-refractivity contribution in [3.63, 3.8) is 0 Å². The summed E-state index contributed by atoms with van der Waals surface area (Å²) in [5.74, 6) is 2.83. The van der Waals surface area contributed by atoms with Crippen LogP contribution in [0.1, 0.15) is 51.9 Å². The maximum atomic E-state index is 12.1. The first-order chi connectivity index (χ1) is 9.69. The first kappa shape index (κ1) is 15.8. The summed E-state index contributed by atoms with van der Waals surface area (Å²) < 4.78 is 0. The average molecular weight is 293 g/mol.